The van der Waals surface area contributed by atoms with Crippen molar-refractivity contribution in [2.24, 2.45) is 4.99 Å². The van der Waals surface area contributed by atoms with Crippen LogP contribution in [-0.4, -0.2) is 64.8 Å². The molecule has 0 saturated carbocycles. The van der Waals surface area contributed by atoms with Crippen LogP contribution in [0.15, 0.2) is 34.1 Å². The fourth-order valence-corrected chi connectivity index (χ4v) is 4.57. The fourth-order valence-electron chi connectivity index (χ4n) is 3.64. The van der Waals surface area contributed by atoms with Crippen LogP contribution >= 0.6 is 11.3 Å². The summed E-state index contributed by atoms with van der Waals surface area (Å²) < 4.78 is 8.03. The molecule has 0 radical (unpaired) electrons. The van der Waals surface area contributed by atoms with E-state index in [9.17, 15) is 4.79 Å². The molecule has 1 N–H and O–H groups in total. The molecule has 3 heterocycles. The summed E-state index contributed by atoms with van der Waals surface area (Å²) in [6.07, 6.45) is 1.76. The van der Waals surface area contributed by atoms with Crippen LogP contribution in [0.1, 0.15) is 31.5 Å². The van der Waals surface area contributed by atoms with Crippen LogP contribution in [-0.2, 0) is 11.2 Å². The van der Waals surface area contributed by atoms with E-state index >= 15 is 0 Å². The molecule has 2 aromatic heterocycles. The van der Waals surface area contributed by atoms with E-state index in [2.05, 4.69) is 21.9 Å². The third kappa shape index (κ3) is 4.34. The first kappa shape index (κ1) is 20.0. The average Bonchev–Trinajstić information content (AvgIpc) is 3.30. The zero-order valence-electron chi connectivity index (χ0n) is 17.0. The Hall–Kier alpha value is -2.29. The number of hydrogen-bond acceptors (Lipinski definition) is 6. The number of fused-ring (bicyclic) bond motifs is 1. The highest BCUT2D eigenvalue weighted by atomic mass is 32.1. The predicted molar refractivity (Wildman–Crippen MR) is 118 cm³/mol. The molecule has 0 aliphatic carbocycles. The Balaban J connectivity index is 1.61. The predicted octanol–water partition coefficient (Wildman–Crippen LogP) is 2.87. The van der Waals surface area contributed by atoms with Gasteiger partial charge in [-0.15, -0.1) is 0 Å². The van der Waals surface area contributed by atoms with Crippen molar-refractivity contribution in [1.29, 1.82) is 0 Å². The van der Waals surface area contributed by atoms with Crippen LogP contribution in [0.4, 0.5) is 0 Å². The second-order valence-electron chi connectivity index (χ2n) is 7.24. The maximum atomic E-state index is 13.2. The van der Waals surface area contributed by atoms with Crippen LogP contribution in [0.25, 0.3) is 15.3 Å². The molecule has 3 aromatic rings. The minimum absolute atomic E-state index is 0.0693. The fraction of sp³-hybridized carbons (Fsp3) is 0.476. The molecule has 1 fully saturated rings. The Kier molecular flexibility index (Phi) is 6.22. The van der Waals surface area contributed by atoms with Gasteiger partial charge < -0.3 is 4.74 Å². The highest BCUT2D eigenvalue weighted by Crippen LogP contribution is 2.24. The number of para-hydroxylation sites is 1. The van der Waals surface area contributed by atoms with Crippen molar-refractivity contribution in [3.8, 4) is 5.13 Å². The molecule has 29 heavy (non-hydrogen) atoms. The van der Waals surface area contributed by atoms with Gasteiger partial charge >= 0.3 is 0 Å². The van der Waals surface area contributed by atoms with E-state index in [4.69, 9.17) is 9.73 Å². The summed E-state index contributed by atoms with van der Waals surface area (Å²) in [6, 6.07) is 7.94. The lowest BCUT2D eigenvalue weighted by Crippen LogP contribution is -2.37. The van der Waals surface area contributed by atoms with E-state index in [0.717, 1.165) is 67.3 Å². The number of rotatable bonds is 7. The molecule has 1 aliphatic heterocycles. The third-order valence-corrected chi connectivity index (χ3v) is 6.19. The Morgan fingerprint density at radius 3 is 2.86 bits per heavy atom. The summed E-state index contributed by atoms with van der Waals surface area (Å²) in [4.78, 5) is 24.9. The van der Waals surface area contributed by atoms with E-state index < -0.39 is 0 Å². The molecular formula is C21H27N5O2S. The second-order valence-corrected chi connectivity index (χ2v) is 8.25. The quantitative estimate of drug-likeness (QED) is 0.605. The molecule has 0 atom stereocenters. The summed E-state index contributed by atoms with van der Waals surface area (Å²) in [6.45, 7) is 9.09. The van der Waals surface area contributed by atoms with Crippen molar-refractivity contribution < 1.29 is 4.74 Å². The van der Waals surface area contributed by atoms with Gasteiger partial charge in [0.25, 0.3) is 5.56 Å². The number of aliphatic imine (C=N–C) groups is 1. The number of hydrogen-bond donors (Lipinski definition) is 1. The van der Waals surface area contributed by atoms with Gasteiger partial charge in [0.15, 0.2) is 0 Å². The van der Waals surface area contributed by atoms with Gasteiger partial charge in [-0.1, -0.05) is 36.8 Å². The van der Waals surface area contributed by atoms with E-state index in [1.807, 2.05) is 31.2 Å². The van der Waals surface area contributed by atoms with Gasteiger partial charge in [-0.3, -0.25) is 19.8 Å². The summed E-state index contributed by atoms with van der Waals surface area (Å²) in [5.74, 6) is 0. The van der Waals surface area contributed by atoms with Crippen molar-refractivity contribution in [2.45, 2.75) is 26.7 Å². The summed E-state index contributed by atoms with van der Waals surface area (Å²) in [7, 11) is 0. The van der Waals surface area contributed by atoms with Crippen molar-refractivity contribution in [2.75, 3.05) is 39.4 Å². The summed E-state index contributed by atoms with van der Waals surface area (Å²) in [5.41, 5.74) is 3.25. The van der Waals surface area contributed by atoms with Gasteiger partial charge in [-0.05, 0) is 25.5 Å². The number of nitrogens with zero attached hydrogens (tertiary/aromatic N) is 4. The van der Waals surface area contributed by atoms with Crippen molar-refractivity contribution in [3.63, 3.8) is 0 Å². The first-order chi connectivity index (χ1) is 14.2. The van der Waals surface area contributed by atoms with E-state index in [-0.39, 0.29) is 5.56 Å². The number of benzene rings is 1. The average molecular weight is 414 g/mol. The number of aromatic amines is 1. The number of aromatic nitrogens is 3. The molecule has 8 heteroatoms. The largest absolute Gasteiger partial charge is 0.379 e. The van der Waals surface area contributed by atoms with Crippen molar-refractivity contribution in [3.05, 3.63) is 45.9 Å². The molecule has 154 valence electrons. The minimum atomic E-state index is -0.0693. The number of H-pyrrole nitrogens is 1. The Labute approximate surface area is 174 Å². The first-order valence-corrected chi connectivity index (χ1v) is 11.0. The Morgan fingerprint density at radius 1 is 1.31 bits per heavy atom. The molecule has 0 bridgehead atoms. The molecule has 1 aromatic carbocycles. The summed E-state index contributed by atoms with van der Waals surface area (Å²) >= 11 is 1.52. The molecular weight excluding hydrogens is 386 g/mol. The number of ether oxygens (including phenoxy) is 1. The zero-order chi connectivity index (χ0) is 20.2. The number of thiazole rings is 1. The Morgan fingerprint density at radius 2 is 2.10 bits per heavy atom. The minimum Gasteiger partial charge on any atom is -0.379 e. The van der Waals surface area contributed by atoms with Crippen molar-refractivity contribution in [1.82, 2.24) is 19.7 Å². The molecule has 0 amide bonds. The van der Waals surface area contributed by atoms with Gasteiger partial charge in [0.1, 0.15) is 0 Å². The van der Waals surface area contributed by atoms with Crippen LogP contribution < -0.4 is 5.56 Å². The maximum absolute atomic E-state index is 13.2. The number of morpholine rings is 1. The van der Waals surface area contributed by atoms with Crippen LogP contribution in [0.3, 0.4) is 0 Å². The van der Waals surface area contributed by atoms with Crippen LogP contribution in [0.2, 0.25) is 0 Å². The standard InChI is InChI=1S/C21H27N5O2S/c1-3-6-17-19(15(2)22-9-10-25-11-13-28-14-12-25)20(27)26(24-17)21-23-16-7-4-5-8-18(16)29-21/h4-5,7-8,24H,3,6,9-14H2,1-2H3. The first-order valence-electron chi connectivity index (χ1n) is 10.2. The second kappa shape index (κ2) is 9.02. The lowest BCUT2D eigenvalue weighted by molar-refractivity contribution is 0.0394. The normalized spacial score (nSPS) is 16.0. The maximum Gasteiger partial charge on any atom is 0.282 e. The monoisotopic (exact) mass is 413 g/mol. The highest BCUT2D eigenvalue weighted by Gasteiger charge is 2.19. The van der Waals surface area contributed by atoms with Crippen LogP contribution in [0, 0.1) is 0 Å². The van der Waals surface area contributed by atoms with E-state index in [1.54, 1.807) is 4.68 Å². The van der Waals surface area contributed by atoms with E-state index in [0.29, 0.717) is 17.2 Å². The Bertz CT molecular complexity index is 1030. The molecule has 0 spiro atoms. The highest BCUT2D eigenvalue weighted by molar-refractivity contribution is 7.20. The molecule has 7 nitrogen and oxygen atoms in total. The molecule has 0 unspecified atom stereocenters. The van der Waals surface area contributed by atoms with Gasteiger partial charge in [0.05, 0.1) is 35.5 Å². The van der Waals surface area contributed by atoms with Gasteiger partial charge in [-0.25, -0.2) is 4.98 Å². The lowest BCUT2D eigenvalue weighted by Gasteiger charge is -2.25. The van der Waals surface area contributed by atoms with Gasteiger partial charge in [0.2, 0.25) is 5.13 Å². The third-order valence-electron chi connectivity index (χ3n) is 5.17. The lowest BCUT2D eigenvalue weighted by atomic mass is 10.1. The van der Waals surface area contributed by atoms with Crippen molar-refractivity contribution >= 4 is 27.3 Å². The van der Waals surface area contributed by atoms with Crippen LogP contribution in [0.5, 0.6) is 0 Å². The zero-order valence-corrected chi connectivity index (χ0v) is 17.8. The number of aryl methyl sites for hydroxylation is 1. The number of nitrogens with one attached hydrogen (secondary N) is 1. The van der Waals surface area contributed by atoms with Gasteiger partial charge in [0, 0.05) is 31.0 Å². The van der Waals surface area contributed by atoms with E-state index in [1.165, 1.54) is 11.3 Å². The summed E-state index contributed by atoms with van der Waals surface area (Å²) in [5, 5.41) is 3.96. The smallest absolute Gasteiger partial charge is 0.282 e. The molecule has 1 aliphatic rings. The van der Waals surface area contributed by atoms with Gasteiger partial charge in [-0.2, -0.15) is 4.68 Å². The SMILES string of the molecule is CCCc1[nH]n(-c2nc3ccccc3s2)c(=O)c1C(C)=NCCN1CCOCC1. The topological polar surface area (TPSA) is 75.5 Å². The molecule has 4 rings (SSSR count). The molecule has 1 saturated heterocycles.